The number of hydrogen-bond acceptors (Lipinski definition) is 4. The van der Waals surface area contributed by atoms with Crippen LogP contribution in [0.3, 0.4) is 0 Å². The fourth-order valence-electron chi connectivity index (χ4n) is 2.14. The van der Waals surface area contributed by atoms with E-state index in [9.17, 15) is 9.59 Å². The summed E-state index contributed by atoms with van der Waals surface area (Å²) < 4.78 is 5.15. The molecule has 0 bridgehead atoms. The summed E-state index contributed by atoms with van der Waals surface area (Å²) in [5.41, 5.74) is 1.95. The van der Waals surface area contributed by atoms with Crippen molar-refractivity contribution in [1.82, 2.24) is 10.1 Å². The Labute approximate surface area is 122 Å². The van der Waals surface area contributed by atoms with Crippen molar-refractivity contribution >= 4 is 11.6 Å². The summed E-state index contributed by atoms with van der Waals surface area (Å²) in [5, 5.41) is 6.54. The summed E-state index contributed by atoms with van der Waals surface area (Å²) in [4.78, 5) is 26.2. The number of pyridine rings is 1. The molecule has 0 atom stereocenters. The van der Waals surface area contributed by atoms with E-state index in [1.54, 1.807) is 19.9 Å². The van der Waals surface area contributed by atoms with Crippen LogP contribution in [0.2, 0.25) is 0 Å². The van der Waals surface area contributed by atoms with Gasteiger partial charge in [0.05, 0.1) is 5.69 Å². The number of anilines is 1. The topological polar surface area (TPSA) is 88.0 Å². The highest BCUT2D eigenvalue weighted by Crippen LogP contribution is 2.17. The minimum absolute atomic E-state index is 0.191. The highest BCUT2D eigenvalue weighted by Gasteiger charge is 2.15. The molecule has 0 saturated heterocycles. The highest BCUT2D eigenvalue weighted by atomic mass is 16.5. The van der Waals surface area contributed by atoms with Crippen LogP contribution in [0.25, 0.3) is 0 Å². The van der Waals surface area contributed by atoms with Crippen LogP contribution in [0.1, 0.15) is 41.4 Å². The maximum atomic E-state index is 12.2. The zero-order valence-corrected chi connectivity index (χ0v) is 12.6. The van der Waals surface area contributed by atoms with Gasteiger partial charge in [0, 0.05) is 24.2 Å². The Morgan fingerprint density at radius 1 is 1.38 bits per heavy atom. The average Bonchev–Trinajstić information content (AvgIpc) is 2.81. The standard InChI is InChI=1S/C15H19N3O3/c1-8(2)5-11-7-12(18-21-11)15(20)17-14-9(3)6-13(19)16-10(14)4/h6-8H,5H2,1-4H3,(H,16,19)(H,17,20). The fraction of sp³-hybridized carbons (Fsp3) is 0.400. The second kappa shape index (κ2) is 5.95. The maximum Gasteiger partial charge on any atom is 0.277 e. The van der Waals surface area contributed by atoms with Gasteiger partial charge in [-0.15, -0.1) is 0 Å². The van der Waals surface area contributed by atoms with Crippen LogP contribution in [0.4, 0.5) is 5.69 Å². The smallest absolute Gasteiger partial charge is 0.277 e. The molecule has 0 aliphatic heterocycles. The first-order chi connectivity index (χ1) is 9.86. The van der Waals surface area contributed by atoms with E-state index in [1.165, 1.54) is 6.07 Å². The lowest BCUT2D eigenvalue weighted by molar-refractivity contribution is 0.101. The first kappa shape index (κ1) is 15.0. The number of carbonyl (C=O) groups is 1. The molecule has 2 heterocycles. The normalized spacial score (nSPS) is 10.9. The van der Waals surface area contributed by atoms with Crippen LogP contribution >= 0.6 is 0 Å². The van der Waals surface area contributed by atoms with Crippen molar-refractivity contribution in [2.24, 2.45) is 5.92 Å². The molecule has 2 N–H and O–H groups in total. The Kier molecular flexibility index (Phi) is 4.26. The van der Waals surface area contributed by atoms with Gasteiger partial charge in [0.15, 0.2) is 5.69 Å². The van der Waals surface area contributed by atoms with Gasteiger partial charge in [-0.2, -0.15) is 0 Å². The molecule has 0 aliphatic rings. The lowest BCUT2D eigenvalue weighted by Gasteiger charge is -2.09. The van der Waals surface area contributed by atoms with Gasteiger partial charge in [-0.1, -0.05) is 19.0 Å². The maximum absolute atomic E-state index is 12.2. The van der Waals surface area contributed by atoms with Crippen LogP contribution in [0, 0.1) is 19.8 Å². The van der Waals surface area contributed by atoms with Crippen molar-refractivity contribution in [3.8, 4) is 0 Å². The number of nitrogens with one attached hydrogen (secondary N) is 2. The molecule has 0 saturated carbocycles. The first-order valence-corrected chi connectivity index (χ1v) is 6.84. The van der Waals surface area contributed by atoms with Crippen LogP contribution < -0.4 is 10.9 Å². The number of aromatic amines is 1. The first-order valence-electron chi connectivity index (χ1n) is 6.84. The van der Waals surface area contributed by atoms with Gasteiger partial charge in [0.2, 0.25) is 5.56 Å². The molecule has 0 radical (unpaired) electrons. The van der Waals surface area contributed by atoms with Gasteiger partial charge in [0.1, 0.15) is 5.76 Å². The Morgan fingerprint density at radius 3 is 2.71 bits per heavy atom. The van der Waals surface area contributed by atoms with E-state index in [2.05, 4.69) is 29.3 Å². The fourth-order valence-corrected chi connectivity index (χ4v) is 2.14. The Balaban J connectivity index is 2.18. The van der Waals surface area contributed by atoms with Gasteiger partial charge >= 0.3 is 0 Å². The molecule has 2 rings (SSSR count). The van der Waals surface area contributed by atoms with E-state index in [-0.39, 0.29) is 17.2 Å². The number of carbonyl (C=O) groups excluding carboxylic acids is 1. The SMILES string of the molecule is Cc1cc(=O)[nH]c(C)c1NC(=O)c1cc(CC(C)C)on1. The predicted molar refractivity (Wildman–Crippen MR) is 79.5 cm³/mol. The van der Waals surface area contributed by atoms with Crippen LogP contribution in [-0.4, -0.2) is 16.0 Å². The van der Waals surface area contributed by atoms with Crippen molar-refractivity contribution < 1.29 is 9.32 Å². The summed E-state index contributed by atoms with van der Waals surface area (Å²) in [7, 11) is 0. The van der Waals surface area contributed by atoms with E-state index in [1.807, 2.05) is 0 Å². The van der Waals surface area contributed by atoms with Crippen molar-refractivity contribution in [3.63, 3.8) is 0 Å². The Morgan fingerprint density at radius 2 is 2.10 bits per heavy atom. The molecule has 21 heavy (non-hydrogen) atoms. The predicted octanol–water partition coefficient (Wildman–Crippen LogP) is 2.43. The molecule has 112 valence electrons. The number of aryl methyl sites for hydroxylation is 2. The van der Waals surface area contributed by atoms with Crippen LogP contribution in [0.5, 0.6) is 0 Å². The second-order valence-corrected chi connectivity index (χ2v) is 5.55. The zero-order chi connectivity index (χ0) is 15.6. The minimum atomic E-state index is -0.355. The molecule has 2 aromatic heterocycles. The van der Waals surface area contributed by atoms with E-state index in [0.29, 0.717) is 28.6 Å². The van der Waals surface area contributed by atoms with Crippen molar-refractivity contribution in [2.45, 2.75) is 34.1 Å². The monoisotopic (exact) mass is 289 g/mol. The third kappa shape index (κ3) is 3.59. The molecule has 0 aromatic carbocycles. The molecule has 2 aromatic rings. The van der Waals surface area contributed by atoms with E-state index in [4.69, 9.17) is 4.52 Å². The summed E-state index contributed by atoms with van der Waals surface area (Å²) >= 11 is 0. The van der Waals surface area contributed by atoms with Gasteiger partial charge in [-0.25, -0.2) is 0 Å². The van der Waals surface area contributed by atoms with E-state index < -0.39 is 0 Å². The lowest BCUT2D eigenvalue weighted by atomic mass is 10.1. The molecule has 1 amide bonds. The molecule has 6 heteroatoms. The van der Waals surface area contributed by atoms with Crippen molar-refractivity contribution in [2.75, 3.05) is 5.32 Å². The zero-order valence-electron chi connectivity index (χ0n) is 12.6. The molecular formula is C15H19N3O3. The third-order valence-electron chi connectivity index (χ3n) is 3.07. The molecule has 0 spiro atoms. The van der Waals surface area contributed by atoms with Gasteiger partial charge < -0.3 is 14.8 Å². The van der Waals surface area contributed by atoms with Crippen LogP contribution in [-0.2, 0) is 6.42 Å². The number of hydrogen-bond donors (Lipinski definition) is 2. The number of H-pyrrole nitrogens is 1. The van der Waals surface area contributed by atoms with E-state index in [0.717, 1.165) is 6.42 Å². The number of nitrogens with zero attached hydrogens (tertiary/aromatic N) is 1. The minimum Gasteiger partial charge on any atom is -0.361 e. The number of amides is 1. The van der Waals surface area contributed by atoms with Gasteiger partial charge in [-0.05, 0) is 25.3 Å². The summed E-state index contributed by atoms with van der Waals surface area (Å²) in [6, 6.07) is 3.08. The quantitative estimate of drug-likeness (QED) is 0.904. The van der Waals surface area contributed by atoms with E-state index >= 15 is 0 Å². The Bertz CT molecular complexity index is 687. The largest absolute Gasteiger partial charge is 0.361 e. The average molecular weight is 289 g/mol. The van der Waals surface area contributed by atoms with Gasteiger partial charge in [-0.3, -0.25) is 9.59 Å². The van der Waals surface area contributed by atoms with Crippen molar-refractivity contribution in [1.29, 1.82) is 0 Å². The molecule has 6 nitrogen and oxygen atoms in total. The molecular weight excluding hydrogens is 270 g/mol. The summed E-state index contributed by atoms with van der Waals surface area (Å²) in [6.07, 6.45) is 0.733. The molecule has 0 fully saturated rings. The molecule has 0 aliphatic carbocycles. The Hall–Kier alpha value is -2.37. The number of aromatic nitrogens is 2. The van der Waals surface area contributed by atoms with Crippen molar-refractivity contribution in [3.05, 3.63) is 45.2 Å². The molecule has 0 unspecified atom stereocenters. The number of rotatable bonds is 4. The lowest BCUT2D eigenvalue weighted by Crippen LogP contribution is -2.17. The van der Waals surface area contributed by atoms with Crippen LogP contribution in [0.15, 0.2) is 21.5 Å². The summed E-state index contributed by atoms with van der Waals surface area (Å²) in [5.74, 6) is 0.759. The third-order valence-corrected chi connectivity index (χ3v) is 3.07. The van der Waals surface area contributed by atoms with Gasteiger partial charge in [0.25, 0.3) is 5.91 Å². The summed E-state index contributed by atoms with van der Waals surface area (Å²) in [6.45, 7) is 7.63. The highest BCUT2D eigenvalue weighted by molar-refractivity contribution is 6.03. The second-order valence-electron chi connectivity index (χ2n) is 5.55.